The van der Waals surface area contributed by atoms with Crippen molar-refractivity contribution in [3.8, 4) is 0 Å². The highest BCUT2D eigenvalue weighted by molar-refractivity contribution is 5.99. The fourth-order valence-electron chi connectivity index (χ4n) is 4.66. The Morgan fingerprint density at radius 1 is 1.22 bits per heavy atom. The summed E-state index contributed by atoms with van der Waals surface area (Å²) in [5.74, 6) is -0.794. The van der Waals surface area contributed by atoms with E-state index < -0.39 is 5.54 Å². The van der Waals surface area contributed by atoms with Crippen molar-refractivity contribution < 1.29 is 14.0 Å². The average Bonchev–Trinajstić information content (AvgIpc) is 3.16. The molecule has 172 valence electrons. The molecule has 2 aliphatic rings. The summed E-state index contributed by atoms with van der Waals surface area (Å²) >= 11 is 0. The van der Waals surface area contributed by atoms with Crippen molar-refractivity contribution in [1.82, 2.24) is 20.0 Å². The van der Waals surface area contributed by atoms with Crippen LogP contribution in [0, 0.1) is 5.82 Å². The van der Waals surface area contributed by atoms with Gasteiger partial charge in [0.2, 0.25) is 5.91 Å². The van der Waals surface area contributed by atoms with E-state index in [4.69, 9.17) is 0 Å². The second kappa shape index (κ2) is 8.34. The minimum Gasteiger partial charge on any atom is -0.351 e. The number of carbonyl (C=O) groups excluding carboxylic acids is 2. The zero-order valence-electron chi connectivity index (χ0n) is 19.4. The van der Waals surface area contributed by atoms with Crippen molar-refractivity contribution in [3.05, 3.63) is 53.1 Å². The van der Waals surface area contributed by atoms with Gasteiger partial charge in [-0.25, -0.2) is 4.39 Å². The molecule has 0 radical (unpaired) electrons. The second-order valence-electron chi connectivity index (χ2n) is 10.4. The van der Waals surface area contributed by atoms with E-state index in [1.165, 1.54) is 18.6 Å². The SMILES string of the molecule is CC(C)(C)c1cc2n(n1)C[C@@](C)(C(=O)NC1CCCCC1)N(Cc1cccc(F)c1)C2=O. The molecule has 1 aromatic heterocycles. The smallest absolute Gasteiger partial charge is 0.273 e. The van der Waals surface area contributed by atoms with Crippen molar-refractivity contribution in [1.29, 1.82) is 0 Å². The topological polar surface area (TPSA) is 67.2 Å². The number of aromatic nitrogens is 2. The number of carbonyl (C=O) groups is 2. The third-order valence-corrected chi connectivity index (χ3v) is 6.73. The molecule has 2 aromatic rings. The van der Waals surface area contributed by atoms with Crippen LogP contribution >= 0.6 is 0 Å². The van der Waals surface area contributed by atoms with E-state index in [0.717, 1.165) is 31.4 Å². The van der Waals surface area contributed by atoms with Crippen LogP contribution < -0.4 is 5.32 Å². The molecule has 6 nitrogen and oxygen atoms in total. The Morgan fingerprint density at radius 2 is 1.94 bits per heavy atom. The van der Waals surface area contributed by atoms with Gasteiger partial charge in [-0.3, -0.25) is 14.3 Å². The Labute approximate surface area is 189 Å². The van der Waals surface area contributed by atoms with Gasteiger partial charge in [-0.05, 0) is 43.5 Å². The monoisotopic (exact) mass is 440 g/mol. The van der Waals surface area contributed by atoms with Crippen molar-refractivity contribution in [2.24, 2.45) is 0 Å². The van der Waals surface area contributed by atoms with Crippen LogP contribution in [0.5, 0.6) is 0 Å². The lowest BCUT2D eigenvalue weighted by molar-refractivity contribution is -0.134. The normalized spacial score (nSPS) is 22.0. The van der Waals surface area contributed by atoms with E-state index in [9.17, 15) is 14.0 Å². The molecule has 1 saturated carbocycles. The lowest BCUT2D eigenvalue weighted by Gasteiger charge is -2.44. The molecule has 1 aliphatic carbocycles. The third kappa shape index (κ3) is 4.30. The van der Waals surface area contributed by atoms with Gasteiger partial charge in [0.15, 0.2) is 0 Å². The molecule has 1 N–H and O–H groups in total. The Morgan fingerprint density at radius 3 is 2.59 bits per heavy atom. The molecule has 32 heavy (non-hydrogen) atoms. The maximum absolute atomic E-state index is 13.9. The summed E-state index contributed by atoms with van der Waals surface area (Å²) in [4.78, 5) is 28.8. The summed E-state index contributed by atoms with van der Waals surface area (Å²) in [5, 5.41) is 7.88. The van der Waals surface area contributed by atoms with E-state index in [1.807, 2.05) is 26.8 Å². The fraction of sp³-hybridized carbons (Fsp3) is 0.560. The molecule has 2 heterocycles. The van der Waals surface area contributed by atoms with Crippen molar-refractivity contribution >= 4 is 11.8 Å². The number of benzene rings is 1. The minimum atomic E-state index is -1.13. The molecule has 4 rings (SSSR count). The van der Waals surface area contributed by atoms with Crippen LogP contribution in [0.25, 0.3) is 0 Å². The molecule has 0 saturated heterocycles. The summed E-state index contributed by atoms with van der Waals surface area (Å²) in [6.45, 7) is 8.35. The van der Waals surface area contributed by atoms with Crippen LogP contribution in [0.15, 0.2) is 30.3 Å². The van der Waals surface area contributed by atoms with E-state index in [0.29, 0.717) is 11.3 Å². The lowest BCUT2D eigenvalue weighted by Crippen LogP contribution is -2.64. The number of nitrogens with zero attached hydrogens (tertiary/aromatic N) is 3. The minimum absolute atomic E-state index is 0.128. The average molecular weight is 441 g/mol. The molecule has 0 spiro atoms. The van der Waals surface area contributed by atoms with Gasteiger partial charge in [0.25, 0.3) is 5.91 Å². The molecule has 7 heteroatoms. The summed E-state index contributed by atoms with van der Waals surface area (Å²) in [6, 6.07) is 8.14. The van der Waals surface area contributed by atoms with Crippen molar-refractivity contribution in [2.45, 2.75) is 89.9 Å². The number of nitrogens with one attached hydrogen (secondary N) is 1. The van der Waals surface area contributed by atoms with Gasteiger partial charge >= 0.3 is 0 Å². The van der Waals surface area contributed by atoms with Crippen molar-refractivity contribution in [3.63, 3.8) is 0 Å². The van der Waals surface area contributed by atoms with Gasteiger partial charge in [-0.1, -0.05) is 52.2 Å². The fourth-order valence-corrected chi connectivity index (χ4v) is 4.66. The molecule has 2 amide bonds. The Bertz CT molecular complexity index is 1020. The highest BCUT2D eigenvalue weighted by Gasteiger charge is 2.48. The molecular formula is C25H33FN4O2. The van der Waals surface area contributed by atoms with E-state index in [2.05, 4.69) is 10.4 Å². The van der Waals surface area contributed by atoms with Gasteiger partial charge in [0.1, 0.15) is 17.1 Å². The first-order chi connectivity index (χ1) is 15.1. The molecule has 1 atom stereocenters. The maximum atomic E-state index is 13.9. The number of hydrogen-bond acceptors (Lipinski definition) is 3. The summed E-state index contributed by atoms with van der Waals surface area (Å²) in [7, 11) is 0. The predicted octanol–water partition coefficient (Wildman–Crippen LogP) is 4.18. The third-order valence-electron chi connectivity index (χ3n) is 6.73. The lowest BCUT2D eigenvalue weighted by atomic mass is 9.90. The van der Waals surface area contributed by atoms with Crippen LogP contribution in [0.4, 0.5) is 4.39 Å². The van der Waals surface area contributed by atoms with E-state index in [-0.39, 0.29) is 42.2 Å². The molecule has 0 unspecified atom stereocenters. The summed E-state index contributed by atoms with van der Waals surface area (Å²) in [5.41, 5.74) is 0.574. The number of fused-ring (bicyclic) bond motifs is 1. The zero-order chi connectivity index (χ0) is 23.1. The maximum Gasteiger partial charge on any atom is 0.273 e. The zero-order valence-corrected chi connectivity index (χ0v) is 19.4. The largest absolute Gasteiger partial charge is 0.351 e. The molecule has 1 aromatic carbocycles. The first kappa shape index (κ1) is 22.5. The first-order valence-corrected chi connectivity index (χ1v) is 11.5. The Kier molecular flexibility index (Phi) is 5.86. The first-order valence-electron chi connectivity index (χ1n) is 11.5. The van der Waals surface area contributed by atoms with Crippen LogP contribution in [0.2, 0.25) is 0 Å². The van der Waals surface area contributed by atoms with E-state index >= 15 is 0 Å². The standard InChI is InChI=1S/C25H33FN4O2/c1-24(2,3)21-14-20-22(31)29(15-17-9-8-10-18(26)13-17)25(4,16-30(20)28-21)23(32)27-19-11-6-5-7-12-19/h8-10,13-14,19H,5-7,11-12,15-16H2,1-4H3,(H,27,32)/t25-/m0/s1. The summed E-state index contributed by atoms with van der Waals surface area (Å²) < 4.78 is 15.5. The second-order valence-corrected chi connectivity index (χ2v) is 10.4. The molecule has 0 bridgehead atoms. The van der Waals surface area contributed by atoms with Gasteiger partial charge in [-0.2, -0.15) is 5.10 Å². The van der Waals surface area contributed by atoms with E-state index in [1.54, 1.807) is 28.6 Å². The highest BCUT2D eigenvalue weighted by atomic mass is 19.1. The molecular weight excluding hydrogens is 407 g/mol. The Balaban J connectivity index is 1.71. The highest BCUT2D eigenvalue weighted by Crippen LogP contribution is 2.32. The summed E-state index contributed by atoms with van der Waals surface area (Å²) in [6.07, 6.45) is 5.32. The van der Waals surface area contributed by atoms with Crippen LogP contribution in [0.3, 0.4) is 0 Å². The Hall–Kier alpha value is -2.70. The number of hydrogen-bond donors (Lipinski definition) is 1. The number of halogens is 1. The van der Waals surface area contributed by atoms with Gasteiger partial charge in [0, 0.05) is 18.0 Å². The quantitative estimate of drug-likeness (QED) is 0.776. The van der Waals surface area contributed by atoms with Gasteiger partial charge < -0.3 is 10.2 Å². The van der Waals surface area contributed by atoms with Crippen LogP contribution in [0.1, 0.15) is 81.5 Å². The molecule has 1 aliphatic heterocycles. The van der Waals surface area contributed by atoms with Crippen molar-refractivity contribution in [2.75, 3.05) is 0 Å². The molecule has 1 fully saturated rings. The van der Waals surface area contributed by atoms with Gasteiger partial charge in [0.05, 0.1) is 12.2 Å². The predicted molar refractivity (Wildman–Crippen MR) is 121 cm³/mol. The number of amides is 2. The van der Waals surface area contributed by atoms with Crippen LogP contribution in [-0.2, 0) is 23.3 Å². The van der Waals surface area contributed by atoms with Crippen LogP contribution in [-0.4, -0.2) is 38.1 Å². The van der Waals surface area contributed by atoms with Gasteiger partial charge in [-0.15, -0.1) is 0 Å². The number of rotatable bonds is 4.